The van der Waals surface area contributed by atoms with Crippen molar-refractivity contribution in [1.29, 1.82) is 0 Å². The minimum absolute atomic E-state index is 0.0407. The largest absolute Gasteiger partial charge is 0.507 e. The summed E-state index contributed by atoms with van der Waals surface area (Å²) in [4.78, 5) is 19.4. The SMILES string of the molecule is CC(C)(C)c1cc([N+](=O)OC2CCC(C(C)(C)C)CC2)cc(C(C)(C)C)c1O. The van der Waals surface area contributed by atoms with Crippen LogP contribution in [0.2, 0.25) is 0 Å². The van der Waals surface area contributed by atoms with Crippen molar-refractivity contribution in [2.75, 3.05) is 0 Å². The molecule has 1 aliphatic rings. The van der Waals surface area contributed by atoms with Crippen LogP contribution >= 0.6 is 0 Å². The number of hydrogen-bond acceptors (Lipinski definition) is 3. The first-order valence-corrected chi connectivity index (χ1v) is 10.6. The highest BCUT2D eigenvalue weighted by molar-refractivity contribution is 5.54. The number of benzene rings is 1. The summed E-state index contributed by atoms with van der Waals surface area (Å²) in [5, 5.41) is 10.8. The highest BCUT2D eigenvalue weighted by atomic mass is 16.8. The van der Waals surface area contributed by atoms with Gasteiger partial charge in [-0.3, -0.25) is 0 Å². The van der Waals surface area contributed by atoms with E-state index in [2.05, 4.69) is 20.8 Å². The molecule has 1 fully saturated rings. The molecule has 1 aliphatic carbocycles. The standard InChI is InChI=1S/C24H39NO3/c1-22(2,3)16-10-12-18(13-11-16)28-25(27)17-14-19(23(4,5)6)21(26)20(15-17)24(7,8)9/h14-16,18H,10-13H2,1-9H3/p+1. The number of hydrogen-bond donors (Lipinski definition) is 1. The van der Waals surface area contributed by atoms with Crippen LogP contribution in [0.5, 0.6) is 5.75 Å². The molecule has 4 heteroatoms. The van der Waals surface area contributed by atoms with Gasteiger partial charge >= 0.3 is 5.69 Å². The van der Waals surface area contributed by atoms with Gasteiger partial charge in [0, 0.05) is 23.3 Å². The molecule has 158 valence electrons. The third-order valence-corrected chi connectivity index (χ3v) is 6.07. The fourth-order valence-electron chi connectivity index (χ4n) is 4.10. The van der Waals surface area contributed by atoms with E-state index in [9.17, 15) is 10.0 Å². The lowest BCUT2D eigenvalue weighted by molar-refractivity contribution is -0.757. The monoisotopic (exact) mass is 390 g/mol. The maximum atomic E-state index is 12.9. The van der Waals surface area contributed by atoms with E-state index in [4.69, 9.17) is 4.84 Å². The third-order valence-electron chi connectivity index (χ3n) is 6.07. The van der Waals surface area contributed by atoms with Crippen molar-refractivity contribution < 1.29 is 14.9 Å². The van der Waals surface area contributed by atoms with Gasteiger partial charge in [0.25, 0.3) is 4.92 Å². The smallest absolute Gasteiger partial charge is 0.317 e. The third kappa shape index (κ3) is 5.27. The Kier molecular flexibility index (Phi) is 6.23. The topological polar surface area (TPSA) is 49.5 Å². The summed E-state index contributed by atoms with van der Waals surface area (Å²) in [6.45, 7) is 19.1. The predicted molar refractivity (Wildman–Crippen MR) is 115 cm³/mol. The Hall–Kier alpha value is -1.58. The second kappa shape index (κ2) is 7.68. The Morgan fingerprint density at radius 3 is 1.64 bits per heavy atom. The van der Waals surface area contributed by atoms with E-state index >= 15 is 0 Å². The summed E-state index contributed by atoms with van der Waals surface area (Å²) in [6, 6.07) is 3.55. The molecule has 28 heavy (non-hydrogen) atoms. The van der Waals surface area contributed by atoms with Crippen molar-refractivity contribution in [2.45, 2.75) is 105 Å². The zero-order chi connectivity index (χ0) is 21.5. The summed E-state index contributed by atoms with van der Waals surface area (Å²) < 4.78 is 0. The Morgan fingerprint density at radius 1 is 0.857 bits per heavy atom. The summed E-state index contributed by atoms with van der Waals surface area (Å²) in [6.07, 6.45) is 3.98. The van der Waals surface area contributed by atoms with Gasteiger partial charge in [-0.2, -0.15) is 0 Å². The van der Waals surface area contributed by atoms with Gasteiger partial charge in [0.05, 0.1) is 4.91 Å². The Bertz CT molecular complexity index is 674. The molecule has 1 saturated carbocycles. The molecule has 4 nitrogen and oxygen atoms in total. The first-order chi connectivity index (χ1) is 12.6. The predicted octanol–water partition coefficient (Wildman–Crippen LogP) is 6.93. The molecule has 0 heterocycles. The highest BCUT2D eigenvalue weighted by Gasteiger charge is 2.36. The van der Waals surface area contributed by atoms with Gasteiger partial charge in [-0.1, -0.05) is 62.3 Å². The molecule has 0 saturated heterocycles. The summed E-state index contributed by atoms with van der Waals surface area (Å²) >= 11 is 0. The number of rotatable bonds is 3. The molecule has 0 aliphatic heterocycles. The van der Waals surface area contributed by atoms with Gasteiger partial charge in [-0.15, -0.1) is 0 Å². The van der Waals surface area contributed by atoms with Gasteiger partial charge in [0.15, 0.2) is 6.10 Å². The van der Waals surface area contributed by atoms with Crippen molar-refractivity contribution >= 4 is 5.69 Å². The Morgan fingerprint density at radius 2 is 1.29 bits per heavy atom. The van der Waals surface area contributed by atoms with E-state index in [-0.39, 0.29) is 22.7 Å². The second-order valence-electron chi connectivity index (χ2n) is 11.6. The van der Waals surface area contributed by atoms with E-state index in [1.165, 1.54) is 0 Å². The van der Waals surface area contributed by atoms with Crippen molar-refractivity contribution in [3.05, 3.63) is 28.2 Å². The van der Waals surface area contributed by atoms with Crippen molar-refractivity contribution in [3.63, 3.8) is 0 Å². The van der Waals surface area contributed by atoms with Crippen LogP contribution in [0.25, 0.3) is 0 Å². The zero-order valence-corrected chi connectivity index (χ0v) is 19.3. The Labute approximate surface area is 171 Å². The fourth-order valence-corrected chi connectivity index (χ4v) is 4.10. The number of phenolic OH excluding ortho intramolecular Hbond substituents is 1. The van der Waals surface area contributed by atoms with Crippen LogP contribution in [0, 0.1) is 16.2 Å². The van der Waals surface area contributed by atoms with E-state index in [0.717, 1.165) is 36.8 Å². The second-order valence-corrected chi connectivity index (χ2v) is 11.6. The minimum atomic E-state index is -0.272. The zero-order valence-electron chi connectivity index (χ0n) is 19.3. The number of phenols is 1. The number of aromatic hydroxyl groups is 1. The molecule has 0 amide bonds. The first-order valence-electron chi connectivity index (χ1n) is 10.6. The van der Waals surface area contributed by atoms with E-state index in [1.54, 1.807) is 12.1 Å². The van der Waals surface area contributed by atoms with E-state index in [1.807, 2.05) is 41.5 Å². The van der Waals surface area contributed by atoms with Gasteiger partial charge in [-0.05, 0) is 47.8 Å². The van der Waals surface area contributed by atoms with Crippen molar-refractivity contribution in [1.82, 2.24) is 0 Å². The summed E-state index contributed by atoms with van der Waals surface area (Å²) in [7, 11) is 0. The molecule has 0 spiro atoms. The molecule has 0 aromatic heterocycles. The Balaban J connectivity index is 2.24. The van der Waals surface area contributed by atoms with Crippen LogP contribution in [0.3, 0.4) is 0 Å². The van der Waals surface area contributed by atoms with E-state index in [0.29, 0.717) is 21.9 Å². The highest BCUT2D eigenvalue weighted by Crippen LogP contribution is 2.42. The lowest BCUT2D eigenvalue weighted by Crippen LogP contribution is -2.30. The first kappa shape index (κ1) is 22.7. The summed E-state index contributed by atoms with van der Waals surface area (Å²) in [5.74, 6) is 0.962. The van der Waals surface area contributed by atoms with Crippen LogP contribution in [0.4, 0.5) is 5.69 Å². The van der Waals surface area contributed by atoms with Gasteiger partial charge in [-0.25, -0.2) is 4.84 Å². The van der Waals surface area contributed by atoms with Crippen LogP contribution in [0.15, 0.2) is 12.1 Å². The molecule has 1 aromatic rings. The summed E-state index contributed by atoms with van der Waals surface area (Å²) in [5.41, 5.74) is 1.77. The van der Waals surface area contributed by atoms with Crippen LogP contribution < -0.4 is 0 Å². The molecule has 0 bridgehead atoms. The van der Waals surface area contributed by atoms with Crippen LogP contribution in [-0.4, -0.2) is 16.1 Å². The average Bonchev–Trinajstić information content (AvgIpc) is 2.52. The van der Waals surface area contributed by atoms with Crippen molar-refractivity contribution in [2.24, 2.45) is 11.3 Å². The quantitative estimate of drug-likeness (QED) is 0.569. The van der Waals surface area contributed by atoms with Crippen LogP contribution in [0.1, 0.15) is 99.1 Å². The molecule has 0 radical (unpaired) electrons. The maximum absolute atomic E-state index is 12.9. The lowest BCUT2D eigenvalue weighted by atomic mass is 9.72. The van der Waals surface area contributed by atoms with Gasteiger partial charge < -0.3 is 5.11 Å². The molecule has 0 unspecified atom stereocenters. The molecule has 1 N–H and O–H groups in total. The molecule has 1 aromatic carbocycles. The minimum Gasteiger partial charge on any atom is -0.507 e. The average molecular weight is 391 g/mol. The van der Waals surface area contributed by atoms with Gasteiger partial charge in [0.1, 0.15) is 5.75 Å². The van der Waals surface area contributed by atoms with E-state index < -0.39 is 0 Å². The number of nitrogens with zero attached hydrogens (tertiary/aromatic N) is 1. The van der Waals surface area contributed by atoms with Gasteiger partial charge in [0.2, 0.25) is 0 Å². The molecular formula is C24H40NO3+. The molecule has 0 atom stereocenters. The fraction of sp³-hybridized carbons (Fsp3) is 0.750. The molecular weight excluding hydrogens is 350 g/mol. The van der Waals surface area contributed by atoms with Crippen molar-refractivity contribution in [3.8, 4) is 5.75 Å². The van der Waals surface area contributed by atoms with Crippen LogP contribution in [-0.2, 0) is 15.7 Å². The lowest BCUT2D eigenvalue weighted by Gasteiger charge is -2.35. The maximum Gasteiger partial charge on any atom is 0.317 e. The normalized spacial score (nSPS) is 21.5. The molecule has 2 rings (SSSR count).